The fourth-order valence-corrected chi connectivity index (χ4v) is 4.34. The second kappa shape index (κ2) is 6.95. The Morgan fingerprint density at radius 1 is 1.26 bits per heavy atom. The number of hydrogen-bond acceptors (Lipinski definition) is 4. The van der Waals surface area contributed by atoms with Crippen LogP contribution in [0.3, 0.4) is 0 Å². The van der Waals surface area contributed by atoms with E-state index in [4.69, 9.17) is 4.74 Å². The molecule has 1 aliphatic rings. The van der Waals surface area contributed by atoms with Crippen LogP contribution in [-0.4, -0.2) is 41.1 Å². The first-order valence-corrected chi connectivity index (χ1v) is 8.95. The first-order valence-electron chi connectivity index (χ1n) is 7.90. The van der Waals surface area contributed by atoms with Gasteiger partial charge in [0, 0.05) is 11.3 Å². The van der Waals surface area contributed by atoms with Crippen LogP contribution in [0.2, 0.25) is 0 Å². The molecule has 2 atom stereocenters. The molecule has 0 bridgehead atoms. The Balaban J connectivity index is 2.35. The molecule has 0 aromatic heterocycles. The van der Waals surface area contributed by atoms with E-state index in [1.54, 1.807) is 16.7 Å². The lowest BCUT2D eigenvalue weighted by atomic mass is 9.94. The summed E-state index contributed by atoms with van der Waals surface area (Å²) in [4.78, 5) is 26.8. The highest BCUT2D eigenvalue weighted by atomic mass is 32.2. The van der Waals surface area contributed by atoms with Gasteiger partial charge >= 0.3 is 5.97 Å². The lowest BCUT2D eigenvalue weighted by molar-refractivity contribution is -0.145. The molecular formula is C18H25NO3S. The molecule has 5 heteroatoms. The number of nitrogens with zero attached hydrogens (tertiary/aromatic N) is 1. The zero-order chi connectivity index (χ0) is 17.2. The molecule has 2 rings (SSSR count). The van der Waals surface area contributed by atoms with Crippen LogP contribution < -0.4 is 0 Å². The van der Waals surface area contributed by atoms with Crippen molar-refractivity contribution in [2.45, 2.75) is 45.5 Å². The lowest BCUT2D eigenvalue weighted by Gasteiger charge is -2.36. The molecule has 2 unspecified atom stereocenters. The zero-order valence-corrected chi connectivity index (χ0v) is 15.3. The summed E-state index contributed by atoms with van der Waals surface area (Å²) in [6, 6.07) is 7.11. The Morgan fingerprint density at radius 2 is 1.87 bits per heavy atom. The SMILES string of the molecule is CCc1ccc(C(=O)N2C(C(=O)OC)CSC2C(C)(C)C)cc1. The van der Waals surface area contributed by atoms with E-state index in [1.807, 2.05) is 24.3 Å². The fourth-order valence-electron chi connectivity index (χ4n) is 2.77. The minimum Gasteiger partial charge on any atom is -0.467 e. The minimum absolute atomic E-state index is 0.0510. The van der Waals surface area contributed by atoms with Crippen molar-refractivity contribution in [2.24, 2.45) is 5.41 Å². The lowest BCUT2D eigenvalue weighted by Crippen LogP contribution is -2.49. The van der Waals surface area contributed by atoms with Crippen LogP contribution in [0.5, 0.6) is 0 Å². The Hall–Kier alpha value is -1.49. The maximum Gasteiger partial charge on any atom is 0.329 e. The van der Waals surface area contributed by atoms with Gasteiger partial charge in [-0.1, -0.05) is 39.8 Å². The number of ether oxygens (including phenoxy) is 1. The zero-order valence-electron chi connectivity index (χ0n) is 14.5. The molecule has 1 aromatic carbocycles. The smallest absolute Gasteiger partial charge is 0.329 e. The summed E-state index contributed by atoms with van der Waals surface area (Å²) in [6.45, 7) is 8.34. The van der Waals surface area contributed by atoms with Crippen LogP contribution in [0.1, 0.15) is 43.6 Å². The monoisotopic (exact) mass is 335 g/mol. The van der Waals surface area contributed by atoms with Crippen LogP contribution in [0.4, 0.5) is 0 Å². The number of esters is 1. The van der Waals surface area contributed by atoms with E-state index in [0.717, 1.165) is 6.42 Å². The van der Waals surface area contributed by atoms with Crippen molar-refractivity contribution >= 4 is 23.6 Å². The standard InChI is InChI=1S/C18H25NO3S/c1-6-12-7-9-13(10-8-12)15(20)19-14(16(21)22-5)11-23-17(19)18(2,3)4/h7-10,14,17H,6,11H2,1-5H3. The molecule has 126 valence electrons. The normalized spacial score (nSPS) is 21.3. The van der Waals surface area contributed by atoms with Gasteiger partial charge in [0.15, 0.2) is 0 Å². The summed E-state index contributed by atoms with van der Waals surface area (Å²) < 4.78 is 4.90. The average molecular weight is 335 g/mol. The number of rotatable bonds is 3. The summed E-state index contributed by atoms with van der Waals surface area (Å²) in [5.74, 6) is 0.128. The fraction of sp³-hybridized carbons (Fsp3) is 0.556. The Labute approximate surface area is 142 Å². The molecule has 1 aromatic rings. The van der Waals surface area contributed by atoms with E-state index < -0.39 is 6.04 Å². The van der Waals surface area contributed by atoms with Crippen LogP contribution in [-0.2, 0) is 16.0 Å². The Morgan fingerprint density at radius 3 is 2.35 bits per heavy atom. The first kappa shape index (κ1) is 17.9. The minimum atomic E-state index is -0.521. The van der Waals surface area contributed by atoms with Gasteiger partial charge in [-0.05, 0) is 29.5 Å². The van der Waals surface area contributed by atoms with Crippen LogP contribution in [0.25, 0.3) is 0 Å². The molecule has 0 spiro atoms. The summed E-state index contributed by atoms with van der Waals surface area (Å²) >= 11 is 1.64. The van der Waals surface area contributed by atoms with Gasteiger partial charge < -0.3 is 9.64 Å². The number of thioether (sulfide) groups is 1. The average Bonchev–Trinajstić information content (AvgIpc) is 2.98. The molecule has 0 N–H and O–H groups in total. The maximum absolute atomic E-state index is 13.0. The Bertz CT molecular complexity index is 577. The molecule has 1 aliphatic heterocycles. The molecule has 0 radical (unpaired) electrons. The molecule has 0 aliphatic carbocycles. The van der Waals surface area contributed by atoms with Gasteiger partial charge in [0.2, 0.25) is 0 Å². The number of carbonyl (C=O) groups is 2. The van der Waals surface area contributed by atoms with Gasteiger partial charge in [-0.25, -0.2) is 4.79 Å². The summed E-state index contributed by atoms with van der Waals surface area (Å²) in [5.41, 5.74) is 1.69. The van der Waals surface area contributed by atoms with Gasteiger partial charge in [-0.3, -0.25) is 4.79 Å². The van der Waals surface area contributed by atoms with Crippen molar-refractivity contribution in [1.29, 1.82) is 0 Å². The third-order valence-electron chi connectivity index (χ3n) is 4.06. The third kappa shape index (κ3) is 3.71. The maximum atomic E-state index is 13.0. The second-order valence-electron chi connectivity index (χ2n) is 6.85. The molecule has 1 fully saturated rings. The number of amides is 1. The number of aryl methyl sites for hydroxylation is 1. The topological polar surface area (TPSA) is 46.6 Å². The van der Waals surface area contributed by atoms with E-state index >= 15 is 0 Å². The number of carbonyl (C=O) groups excluding carboxylic acids is 2. The molecule has 0 saturated carbocycles. The number of methoxy groups -OCH3 is 1. The van der Waals surface area contributed by atoms with Crippen molar-refractivity contribution in [3.05, 3.63) is 35.4 Å². The van der Waals surface area contributed by atoms with E-state index in [9.17, 15) is 9.59 Å². The Kier molecular flexibility index (Phi) is 5.40. The van der Waals surface area contributed by atoms with Crippen LogP contribution in [0, 0.1) is 5.41 Å². The van der Waals surface area contributed by atoms with Crippen molar-refractivity contribution < 1.29 is 14.3 Å². The summed E-state index contributed by atoms with van der Waals surface area (Å²) in [6.07, 6.45) is 0.934. The van der Waals surface area contributed by atoms with Gasteiger partial charge in [0.1, 0.15) is 6.04 Å². The third-order valence-corrected chi connectivity index (χ3v) is 5.82. The largest absolute Gasteiger partial charge is 0.467 e. The molecule has 1 amide bonds. The number of benzene rings is 1. The van der Waals surface area contributed by atoms with Gasteiger partial charge in [0.25, 0.3) is 5.91 Å². The number of hydrogen-bond donors (Lipinski definition) is 0. The van der Waals surface area contributed by atoms with E-state index in [2.05, 4.69) is 27.7 Å². The summed E-state index contributed by atoms with van der Waals surface area (Å²) in [5, 5.41) is -0.0510. The van der Waals surface area contributed by atoms with E-state index in [1.165, 1.54) is 12.7 Å². The van der Waals surface area contributed by atoms with Crippen molar-refractivity contribution in [1.82, 2.24) is 4.90 Å². The van der Waals surface area contributed by atoms with Crippen LogP contribution >= 0.6 is 11.8 Å². The van der Waals surface area contributed by atoms with Crippen LogP contribution in [0.15, 0.2) is 24.3 Å². The highest BCUT2D eigenvalue weighted by molar-refractivity contribution is 8.00. The molecular weight excluding hydrogens is 310 g/mol. The molecule has 23 heavy (non-hydrogen) atoms. The van der Waals surface area contributed by atoms with Crippen molar-refractivity contribution in [3.63, 3.8) is 0 Å². The van der Waals surface area contributed by atoms with Gasteiger partial charge in [-0.15, -0.1) is 11.8 Å². The predicted molar refractivity (Wildman–Crippen MR) is 93.5 cm³/mol. The second-order valence-corrected chi connectivity index (χ2v) is 7.97. The van der Waals surface area contributed by atoms with Gasteiger partial charge in [-0.2, -0.15) is 0 Å². The highest BCUT2D eigenvalue weighted by Gasteiger charge is 2.47. The van der Waals surface area contributed by atoms with Crippen molar-refractivity contribution in [3.8, 4) is 0 Å². The highest BCUT2D eigenvalue weighted by Crippen LogP contribution is 2.41. The molecule has 1 saturated heterocycles. The van der Waals surface area contributed by atoms with E-state index in [-0.39, 0.29) is 22.7 Å². The summed E-state index contributed by atoms with van der Waals surface area (Å²) in [7, 11) is 1.37. The van der Waals surface area contributed by atoms with E-state index in [0.29, 0.717) is 11.3 Å². The first-order chi connectivity index (χ1) is 10.8. The van der Waals surface area contributed by atoms with Gasteiger partial charge in [0.05, 0.1) is 12.5 Å². The quantitative estimate of drug-likeness (QED) is 0.795. The molecule has 1 heterocycles. The predicted octanol–water partition coefficient (Wildman–Crippen LogP) is 3.35. The van der Waals surface area contributed by atoms with Crippen molar-refractivity contribution in [2.75, 3.05) is 12.9 Å². The molecule has 4 nitrogen and oxygen atoms in total.